The van der Waals surface area contributed by atoms with Crippen molar-refractivity contribution < 1.29 is 4.74 Å². The van der Waals surface area contributed by atoms with Crippen LogP contribution < -0.4 is 10.1 Å². The molecule has 19 heavy (non-hydrogen) atoms. The van der Waals surface area contributed by atoms with E-state index in [1.54, 1.807) is 6.20 Å². The Balaban J connectivity index is 2.15. The number of nitrogens with one attached hydrogen (secondary N) is 1. The Morgan fingerprint density at radius 1 is 1.26 bits per heavy atom. The van der Waals surface area contributed by atoms with E-state index in [2.05, 4.69) is 36.3 Å². The quantitative estimate of drug-likeness (QED) is 0.891. The Bertz CT molecular complexity index is 526. The normalized spacial score (nSPS) is 12.2. The van der Waals surface area contributed by atoms with E-state index in [0.717, 1.165) is 11.4 Å². The van der Waals surface area contributed by atoms with E-state index in [1.807, 2.05) is 31.3 Å². The summed E-state index contributed by atoms with van der Waals surface area (Å²) < 4.78 is 5.90. The summed E-state index contributed by atoms with van der Waals surface area (Å²) in [6.07, 6.45) is 1.78. The van der Waals surface area contributed by atoms with Gasteiger partial charge in [0, 0.05) is 17.8 Å². The molecular formula is C16H20N2O. The number of benzene rings is 1. The maximum absolute atomic E-state index is 5.90. The molecule has 3 heteroatoms. The SMILES string of the molecule is CNC(C)c1cc(C)ccc1OCc1ccccn1. The van der Waals surface area contributed by atoms with Crippen LogP contribution in [0.4, 0.5) is 0 Å². The molecular weight excluding hydrogens is 236 g/mol. The molecule has 1 unspecified atom stereocenters. The van der Waals surface area contributed by atoms with Gasteiger partial charge in [0.05, 0.1) is 5.69 Å². The van der Waals surface area contributed by atoms with Gasteiger partial charge in [-0.3, -0.25) is 4.98 Å². The van der Waals surface area contributed by atoms with Gasteiger partial charge in [0.2, 0.25) is 0 Å². The second kappa shape index (κ2) is 6.34. The number of hydrogen-bond acceptors (Lipinski definition) is 3. The molecule has 0 fully saturated rings. The van der Waals surface area contributed by atoms with Crippen molar-refractivity contribution in [1.29, 1.82) is 0 Å². The first-order valence-corrected chi connectivity index (χ1v) is 6.51. The second-order valence-corrected chi connectivity index (χ2v) is 4.66. The smallest absolute Gasteiger partial charge is 0.130 e. The van der Waals surface area contributed by atoms with Gasteiger partial charge >= 0.3 is 0 Å². The minimum absolute atomic E-state index is 0.263. The Morgan fingerprint density at radius 3 is 2.79 bits per heavy atom. The predicted octanol–water partition coefficient (Wildman–Crippen LogP) is 3.25. The van der Waals surface area contributed by atoms with Gasteiger partial charge in [-0.15, -0.1) is 0 Å². The van der Waals surface area contributed by atoms with Gasteiger partial charge in [-0.1, -0.05) is 23.8 Å². The molecule has 1 atom stereocenters. The highest BCUT2D eigenvalue weighted by Crippen LogP contribution is 2.26. The highest BCUT2D eigenvalue weighted by molar-refractivity contribution is 5.39. The van der Waals surface area contributed by atoms with Gasteiger partial charge in [-0.2, -0.15) is 0 Å². The summed E-state index contributed by atoms with van der Waals surface area (Å²) in [6, 6.07) is 12.4. The summed E-state index contributed by atoms with van der Waals surface area (Å²) in [5.74, 6) is 0.915. The van der Waals surface area contributed by atoms with Crippen molar-refractivity contribution in [2.24, 2.45) is 0 Å². The van der Waals surface area contributed by atoms with Crippen LogP contribution in [0.25, 0.3) is 0 Å². The fourth-order valence-electron chi connectivity index (χ4n) is 1.93. The zero-order valence-electron chi connectivity index (χ0n) is 11.7. The van der Waals surface area contributed by atoms with Crippen molar-refractivity contribution in [3.8, 4) is 5.75 Å². The molecule has 0 aliphatic heterocycles. The largest absolute Gasteiger partial charge is 0.487 e. The first-order chi connectivity index (χ1) is 9.20. The molecule has 0 radical (unpaired) electrons. The molecule has 3 nitrogen and oxygen atoms in total. The fraction of sp³-hybridized carbons (Fsp3) is 0.312. The molecule has 1 N–H and O–H groups in total. The molecule has 100 valence electrons. The Labute approximate surface area is 114 Å². The van der Waals surface area contributed by atoms with E-state index in [1.165, 1.54) is 11.1 Å². The first kappa shape index (κ1) is 13.6. The first-order valence-electron chi connectivity index (χ1n) is 6.51. The van der Waals surface area contributed by atoms with Crippen molar-refractivity contribution in [3.63, 3.8) is 0 Å². The Hall–Kier alpha value is -1.87. The van der Waals surface area contributed by atoms with Crippen molar-refractivity contribution >= 4 is 0 Å². The highest BCUT2D eigenvalue weighted by atomic mass is 16.5. The number of aryl methyl sites for hydroxylation is 1. The van der Waals surface area contributed by atoms with Gasteiger partial charge in [0.1, 0.15) is 12.4 Å². The average molecular weight is 256 g/mol. The minimum atomic E-state index is 0.263. The minimum Gasteiger partial charge on any atom is -0.487 e. The van der Waals surface area contributed by atoms with Crippen LogP contribution in [0.2, 0.25) is 0 Å². The molecule has 0 saturated heterocycles. The molecule has 0 aliphatic rings. The van der Waals surface area contributed by atoms with Crippen LogP contribution in [-0.2, 0) is 6.61 Å². The van der Waals surface area contributed by atoms with Gasteiger partial charge in [-0.25, -0.2) is 0 Å². The molecule has 2 aromatic rings. The number of aromatic nitrogens is 1. The molecule has 0 saturated carbocycles. The number of nitrogens with zero attached hydrogens (tertiary/aromatic N) is 1. The molecule has 1 aromatic carbocycles. The van der Waals surface area contributed by atoms with Gasteiger partial charge in [0.15, 0.2) is 0 Å². The maximum atomic E-state index is 5.90. The third-order valence-corrected chi connectivity index (χ3v) is 3.17. The number of pyridine rings is 1. The fourth-order valence-corrected chi connectivity index (χ4v) is 1.93. The molecule has 0 amide bonds. The molecule has 2 rings (SSSR count). The molecule has 0 aliphatic carbocycles. The standard InChI is InChI=1S/C16H20N2O/c1-12-7-8-16(15(10-12)13(2)17-3)19-11-14-6-4-5-9-18-14/h4-10,13,17H,11H2,1-3H3. The Morgan fingerprint density at radius 2 is 2.11 bits per heavy atom. The van der Waals surface area contributed by atoms with Crippen LogP contribution in [0.1, 0.15) is 29.8 Å². The van der Waals surface area contributed by atoms with Crippen LogP contribution in [-0.4, -0.2) is 12.0 Å². The monoisotopic (exact) mass is 256 g/mol. The van der Waals surface area contributed by atoms with Crippen molar-refractivity contribution in [1.82, 2.24) is 10.3 Å². The number of ether oxygens (including phenoxy) is 1. The van der Waals surface area contributed by atoms with Gasteiger partial charge < -0.3 is 10.1 Å². The van der Waals surface area contributed by atoms with Crippen LogP contribution in [0.5, 0.6) is 5.75 Å². The van der Waals surface area contributed by atoms with Crippen molar-refractivity contribution in [2.45, 2.75) is 26.5 Å². The van der Waals surface area contributed by atoms with Crippen LogP contribution in [0.3, 0.4) is 0 Å². The van der Waals surface area contributed by atoms with Gasteiger partial charge in [0.25, 0.3) is 0 Å². The molecule has 1 aromatic heterocycles. The highest BCUT2D eigenvalue weighted by Gasteiger charge is 2.10. The zero-order chi connectivity index (χ0) is 13.7. The summed E-state index contributed by atoms with van der Waals surface area (Å²) in [4.78, 5) is 4.27. The topological polar surface area (TPSA) is 34.1 Å². The number of hydrogen-bond donors (Lipinski definition) is 1. The Kier molecular flexibility index (Phi) is 4.53. The van der Waals surface area contributed by atoms with Crippen molar-refractivity contribution in [2.75, 3.05) is 7.05 Å². The lowest BCUT2D eigenvalue weighted by Gasteiger charge is -2.17. The third-order valence-electron chi connectivity index (χ3n) is 3.17. The summed E-state index contributed by atoms with van der Waals surface area (Å²) in [7, 11) is 1.95. The molecule has 1 heterocycles. The third kappa shape index (κ3) is 3.55. The molecule has 0 bridgehead atoms. The van der Waals surface area contributed by atoms with E-state index < -0.39 is 0 Å². The van der Waals surface area contributed by atoms with Crippen molar-refractivity contribution in [3.05, 3.63) is 59.4 Å². The van der Waals surface area contributed by atoms with Gasteiger partial charge in [-0.05, 0) is 39.1 Å². The average Bonchev–Trinajstić information content (AvgIpc) is 2.46. The summed E-state index contributed by atoms with van der Waals surface area (Å²) in [6.45, 7) is 4.71. The second-order valence-electron chi connectivity index (χ2n) is 4.66. The summed E-state index contributed by atoms with van der Waals surface area (Å²) in [5.41, 5.74) is 3.35. The lowest BCUT2D eigenvalue weighted by Crippen LogP contribution is -2.14. The lowest BCUT2D eigenvalue weighted by atomic mass is 10.0. The summed E-state index contributed by atoms with van der Waals surface area (Å²) in [5, 5.41) is 3.25. The van der Waals surface area contributed by atoms with E-state index in [4.69, 9.17) is 4.74 Å². The maximum Gasteiger partial charge on any atom is 0.130 e. The van der Waals surface area contributed by atoms with E-state index in [9.17, 15) is 0 Å². The van der Waals surface area contributed by atoms with Crippen LogP contribution in [0.15, 0.2) is 42.6 Å². The lowest BCUT2D eigenvalue weighted by molar-refractivity contribution is 0.295. The number of rotatable bonds is 5. The van der Waals surface area contributed by atoms with E-state index in [0.29, 0.717) is 6.61 Å². The van der Waals surface area contributed by atoms with Crippen LogP contribution >= 0.6 is 0 Å². The zero-order valence-corrected chi connectivity index (χ0v) is 11.7. The van der Waals surface area contributed by atoms with E-state index >= 15 is 0 Å². The molecule has 0 spiro atoms. The van der Waals surface area contributed by atoms with E-state index in [-0.39, 0.29) is 6.04 Å². The predicted molar refractivity (Wildman–Crippen MR) is 77.2 cm³/mol. The van der Waals surface area contributed by atoms with Crippen LogP contribution in [0, 0.1) is 6.92 Å². The summed E-state index contributed by atoms with van der Waals surface area (Å²) >= 11 is 0.